The first-order valence-electron chi connectivity index (χ1n) is 9.22. The molecule has 27 heavy (non-hydrogen) atoms. The highest BCUT2D eigenvalue weighted by Crippen LogP contribution is 2.27. The molecule has 0 spiro atoms. The van der Waals surface area contributed by atoms with E-state index < -0.39 is 9.84 Å². The quantitative estimate of drug-likeness (QED) is 0.792. The van der Waals surface area contributed by atoms with Crippen molar-refractivity contribution >= 4 is 26.8 Å². The number of benzene rings is 1. The molecule has 0 aliphatic carbocycles. The molecule has 2 saturated heterocycles. The van der Waals surface area contributed by atoms with E-state index in [-0.39, 0.29) is 42.7 Å². The Hall–Kier alpha value is -1.97. The maximum absolute atomic E-state index is 12.7. The second-order valence-electron chi connectivity index (χ2n) is 7.12. The van der Waals surface area contributed by atoms with E-state index in [0.29, 0.717) is 18.9 Å². The molecule has 2 fully saturated rings. The monoisotopic (exact) mass is 392 g/mol. The number of carbonyl (C=O) groups is 1. The molecule has 9 heteroatoms. The number of rotatable bonds is 5. The lowest BCUT2D eigenvalue weighted by molar-refractivity contribution is -0.142. The third-order valence-corrected chi connectivity index (χ3v) is 7.12. The van der Waals surface area contributed by atoms with Gasteiger partial charge in [0.15, 0.2) is 9.84 Å². The van der Waals surface area contributed by atoms with Crippen molar-refractivity contribution in [3.8, 4) is 0 Å². The van der Waals surface area contributed by atoms with Gasteiger partial charge in [0.1, 0.15) is 19.0 Å². The Kier molecular flexibility index (Phi) is 4.92. The lowest BCUT2D eigenvalue weighted by atomic mass is 10.0. The molecule has 4 rings (SSSR count). The van der Waals surface area contributed by atoms with E-state index in [1.165, 1.54) is 0 Å². The van der Waals surface area contributed by atoms with Crippen LogP contribution in [0.2, 0.25) is 0 Å². The van der Waals surface area contributed by atoms with Crippen molar-refractivity contribution < 1.29 is 17.9 Å². The predicted octanol–water partition coefficient (Wildman–Crippen LogP) is 0.409. The number of nitrogens with zero attached hydrogens (tertiary/aromatic N) is 3. The van der Waals surface area contributed by atoms with Gasteiger partial charge in [-0.25, -0.2) is 13.4 Å². The van der Waals surface area contributed by atoms with Crippen LogP contribution in [0.1, 0.15) is 12.7 Å². The standard InChI is InChI=1S/C18H24N4O4S/c1-2-21-7-8-22(16-12-27(24,25)11-15(16)21)18(23)10-26-9-17-19-13-5-3-4-6-14(13)20-17/h3-6,15-16H,2,7-12H2,1H3,(H,19,20)/t15-,16+/m1/s1. The molecule has 0 radical (unpaired) electrons. The van der Waals surface area contributed by atoms with Crippen LogP contribution in [0, 0.1) is 0 Å². The molecule has 8 nitrogen and oxygen atoms in total. The summed E-state index contributed by atoms with van der Waals surface area (Å²) in [6.45, 7) is 4.19. The number of aromatic nitrogens is 2. The fourth-order valence-electron chi connectivity index (χ4n) is 4.12. The number of ether oxygens (including phenoxy) is 1. The molecule has 1 N–H and O–H groups in total. The Labute approximate surface area is 158 Å². The van der Waals surface area contributed by atoms with Crippen molar-refractivity contribution in [2.24, 2.45) is 0 Å². The molecule has 3 heterocycles. The number of piperazine rings is 1. The summed E-state index contributed by atoms with van der Waals surface area (Å²) in [5.74, 6) is 0.689. The molecule has 1 aromatic heterocycles. The summed E-state index contributed by atoms with van der Waals surface area (Å²) in [7, 11) is -3.11. The van der Waals surface area contributed by atoms with Gasteiger partial charge >= 0.3 is 0 Å². The second-order valence-corrected chi connectivity index (χ2v) is 9.27. The molecule has 2 aliphatic rings. The van der Waals surface area contributed by atoms with Crippen molar-refractivity contribution in [3.63, 3.8) is 0 Å². The van der Waals surface area contributed by atoms with Gasteiger partial charge in [0.2, 0.25) is 5.91 Å². The molecular formula is C18H24N4O4S. The number of hydrogen-bond donors (Lipinski definition) is 1. The number of sulfone groups is 1. The molecule has 0 unspecified atom stereocenters. The average molecular weight is 392 g/mol. The number of hydrogen-bond acceptors (Lipinski definition) is 6. The van der Waals surface area contributed by atoms with E-state index in [4.69, 9.17) is 4.74 Å². The minimum absolute atomic E-state index is 0.0451. The molecule has 146 valence electrons. The van der Waals surface area contributed by atoms with Crippen LogP contribution in [0.25, 0.3) is 11.0 Å². The molecule has 1 amide bonds. The maximum Gasteiger partial charge on any atom is 0.248 e. The molecule has 1 aromatic carbocycles. The summed E-state index contributed by atoms with van der Waals surface area (Å²) in [5.41, 5.74) is 1.79. The van der Waals surface area contributed by atoms with E-state index in [9.17, 15) is 13.2 Å². The Balaban J connectivity index is 1.37. The number of nitrogens with one attached hydrogen (secondary N) is 1. The summed E-state index contributed by atoms with van der Waals surface area (Å²) in [6.07, 6.45) is 0. The predicted molar refractivity (Wildman–Crippen MR) is 101 cm³/mol. The highest BCUT2D eigenvalue weighted by molar-refractivity contribution is 7.91. The number of imidazole rings is 1. The number of fused-ring (bicyclic) bond motifs is 2. The first-order chi connectivity index (χ1) is 13.0. The first kappa shape index (κ1) is 18.4. The van der Waals surface area contributed by atoms with E-state index in [2.05, 4.69) is 14.9 Å². The molecule has 2 aliphatic heterocycles. The molecule has 0 bridgehead atoms. The molecular weight excluding hydrogens is 368 g/mol. The van der Waals surface area contributed by atoms with Gasteiger partial charge < -0.3 is 14.6 Å². The van der Waals surface area contributed by atoms with Gasteiger partial charge in [-0.2, -0.15) is 0 Å². The number of amides is 1. The number of para-hydroxylation sites is 2. The van der Waals surface area contributed by atoms with Gasteiger partial charge in [-0.15, -0.1) is 0 Å². The van der Waals surface area contributed by atoms with Crippen LogP contribution >= 0.6 is 0 Å². The Morgan fingerprint density at radius 2 is 2.04 bits per heavy atom. The second kappa shape index (κ2) is 7.21. The van der Waals surface area contributed by atoms with Gasteiger partial charge in [-0.3, -0.25) is 9.69 Å². The normalized spacial score (nSPS) is 25.0. The van der Waals surface area contributed by atoms with Crippen LogP contribution in [0.3, 0.4) is 0 Å². The zero-order valence-electron chi connectivity index (χ0n) is 15.3. The fraction of sp³-hybridized carbons (Fsp3) is 0.556. The largest absolute Gasteiger partial charge is 0.364 e. The van der Waals surface area contributed by atoms with E-state index >= 15 is 0 Å². The maximum atomic E-state index is 12.7. The number of aromatic amines is 1. The summed E-state index contributed by atoms with van der Waals surface area (Å²) < 4.78 is 29.8. The SMILES string of the molecule is CCN1CCN(C(=O)COCc2nc3ccccc3[nH]2)[C@H]2CS(=O)(=O)C[C@H]21. The van der Waals surface area contributed by atoms with Gasteiger partial charge in [0.05, 0.1) is 28.6 Å². The van der Waals surface area contributed by atoms with Gasteiger partial charge in [-0.05, 0) is 18.7 Å². The minimum atomic E-state index is -3.11. The van der Waals surface area contributed by atoms with E-state index in [0.717, 1.165) is 17.6 Å². The van der Waals surface area contributed by atoms with Crippen molar-refractivity contribution in [1.29, 1.82) is 0 Å². The van der Waals surface area contributed by atoms with E-state index in [1.807, 2.05) is 31.2 Å². The zero-order valence-corrected chi connectivity index (χ0v) is 16.1. The smallest absolute Gasteiger partial charge is 0.248 e. The Morgan fingerprint density at radius 1 is 1.26 bits per heavy atom. The summed E-state index contributed by atoms with van der Waals surface area (Å²) in [6, 6.07) is 7.31. The van der Waals surface area contributed by atoms with Crippen LogP contribution in [0.5, 0.6) is 0 Å². The highest BCUT2D eigenvalue weighted by Gasteiger charge is 2.47. The Bertz CT molecular complexity index is 909. The van der Waals surface area contributed by atoms with Crippen molar-refractivity contribution in [2.45, 2.75) is 25.6 Å². The lowest BCUT2D eigenvalue weighted by Gasteiger charge is -2.43. The molecule has 0 saturated carbocycles. The summed E-state index contributed by atoms with van der Waals surface area (Å²) >= 11 is 0. The van der Waals surface area contributed by atoms with Gasteiger partial charge in [0, 0.05) is 19.1 Å². The average Bonchev–Trinajstić information content (AvgIpc) is 3.19. The van der Waals surface area contributed by atoms with Gasteiger partial charge in [0.25, 0.3) is 0 Å². The molecule has 2 aromatic rings. The Morgan fingerprint density at radius 3 is 2.81 bits per heavy atom. The number of carbonyl (C=O) groups excluding carboxylic acids is 1. The zero-order chi connectivity index (χ0) is 19.0. The summed E-state index contributed by atoms with van der Waals surface area (Å²) in [5, 5.41) is 0. The lowest BCUT2D eigenvalue weighted by Crippen LogP contribution is -2.61. The third-order valence-electron chi connectivity index (χ3n) is 5.42. The van der Waals surface area contributed by atoms with Crippen LogP contribution in [-0.4, -0.2) is 83.9 Å². The van der Waals surface area contributed by atoms with Crippen LogP contribution < -0.4 is 0 Å². The van der Waals surface area contributed by atoms with Gasteiger partial charge in [-0.1, -0.05) is 19.1 Å². The third kappa shape index (κ3) is 3.71. The molecule has 2 atom stereocenters. The fourth-order valence-corrected chi connectivity index (χ4v) is 6.13. The van der Waals surface area contributed by atoms with Crippen molar-refractivity contribution in [2.75, 3.05) is 37.7 Å². The van der Waals surface area contributed by atoms with Crippen molar-refractivity contribution in [3.05, 3.63) is 30.1 Å². The number of likely N-dealkylation sites (N-methyl/N-ethyl adjacent to an activating group) is 1. The van der Waals surface area contributed by atoms with E-state index in [1.54, 1.807) is 4.90 Å². The van der Waals surface area contributed by atoms with Crippen LogP contribution in [0.15, 0.2) is 24.3 Å². The van der Waals surface area contributed by atoms with Crippen LogP contribution in [-0.2, 0) is 26.0 Å². The van der Waals surface area contributed by atoms with Crippen molar-refractivity contribution in [1.82, 2.24) is 19.8 Å². The summed E-state index contributed by atoms with van der Waals surface area (Å²) in [4.78, 5) is 24.1. The number of H-pyrrole nitrogens is 1. The highest BCUT2D eigenvalue weighted by atomic mass is 32.2. The first-order valence-corrected chi connectivity index (χ1v) is 11.0. The topological polar surface area (TPSA) is 95.6 Å². The minimum Gasteiger partial charge on any atom is -0.364 e. The van der Waals surface area contributed by atoms with Crippen LogP contribution in [0.4, 0.5) is 0 Å².